The first kappa shape index (κ1) is 19.6. The lowest BCUT2D eigenvalue weighted by molar-refractivity contribution is -0.360. The van der Waals surface area contributed by atoms with Crippen LogP contribution in [0, 0.1) is 11.3 Å². The average molecular weight is 450 g/mol. The number of nitrogens with one attached hydrogen (secondary N) is 1. The molecule has 2 nitrogen and oxygen atoms in total. The first-order valence-corrected chi connectivity index (χ1v) is 7.42. The third-order valence-corrected chi connectivity index (χ3v) is 4.29. The molecule has 0 fully saturated rings. The Bertz CT molecular complexity index is 835. The summed E-state index contributed by atoms with van der Waals surface area (Å²) in [5.41, 5.74) is -2.55. The van der Waals surface area contributed by atoms with E-state index in [1.54, 1.807) is 0 Å². The van der Waals surface area contributed by atoms with E-state index in [1.165, 1.54) is 30.3 Å². The molecule has 0 aliphatic rings. The van der Waals surface area contributed by atoms with Crippen molar-refractivity contribution in [1.29, 1.82) is 5.26 Å². The molecule has 1 aromatic carbocycles. The van der Waals surface area contributed by atoms with Crippen molar-refractivity contribution in [3.63, 3.8) is 0 Å². The minimum atomic E-state index is -6.49. The smallest absolute Gasteiger partial charge is 0.351 e. The third kappa shape index (κ3) is 3.11. The lowest BCUT2D eigenvalue weighted by Crippen LogP contribution is -2.50. The fourth-order valence-electron chi connectivity index (χ4n) is 1.97. The average Bonchev–Trinajstić information content (AvgIpc) is 2.84. The highest BCUT2D eigenvalue weighted by molar-refractivity contribution is 9.10. The van der Waals surface area contributed by atoms with E-state index in [-0.39, 0.29) is 16.3 Å². The second-order valence-electron chi connectivity index (χ2n) is 4.83. The van der Waals surface area contributed by atoms with Crippen LogP contribution in [0.15, 0.2) is 28.7 Å². The van der Waals surface area contributed by atoms with E-state index >= 15 is 0 Å². The number of hydrogen-bond donors (Lipinski definition) is 1. The molecule has 134 valence electrons. The summed E-state index contributed by atoms with van der Waals surface area (Å²) in [7, 11) is 0. The molecule has 1 aromatic heterocycles. The molecule has 0 radical (unpaired) electrons. The molecule has 0 aliphatic heterocycles. The first-order chi connectivity index (χ1) is 11.3. The van der Waals surface area contributed by atoms with Crippen LogP contribution in [0.3, 0.4) is 0 Å². The van der Waals surface area contributed by atoms with Crippen LogP contribution in [0.2, 0.25) is 5.02 Å². The number of benzene rings is 1. The second kappa shape index (κ2) is 6.21. The van der Waals surface area contributed by atoms with Crippen molar-refractivity contribution in [2.75, 3.05) is 0 Å². The number of alkyl halides is 7. The summed E-state index contributed by atoms with van der Waals surface area (Å²) in [4.78, 5) is 1.81. The molecule has 0 amide bonds. The maximum Gasteiger partial charge on any atom is 0.460 e. The molecular formula is C14H5BrClF7N2. The van der Waals surface area contributed by atoms with Crippen molar-refractivity contribution < 1.29 is 30.7 Å². The lowest BCUT2D eigenvalue weighted by Gasteiger charge is -2.27. The van der Waals surface area contributed by atoms with Crippen LogP contribution in [-0.4, -0.2) is 17.1 Å². The standard InChI is InChI=1S/C14H5BrClF7N2/c15-9-8(5-24)10(6-1-3-7(16)4-2-6)25-11(9)12(17,18)13(19,20)14(21,22)23/h1-4,25H. The van der Waals surface area contributed by atoms with Gasteiger partial charge in [-0.05, 0) is 33.6 Å². The van der Waals surface area contributed by atoms with Crippen molar-refractivity contribution in [2.45, 2.75) is 18.0 Å². The van der Waals surface area contributed by atoms with E-state index in [4.69, 9.17) is 16.9 Å². The quantitative estimate of drug-likeness (QED) is 0.552. The highest BCUT2D eigenvalue weighted by Crippen LogP contribution is 2.54. The molecule has 0 saturated heterocycles. The van der Waals surface area contributed by atoms with Gasteiger partial charge in [-0.15, -0.1) is 0 Å². The molecule has 0 unspecified atom stereocenters. The van der Waals surface area contributed by atoms with E-state index in [0.717, 1.165) is 0 Å². The second-order valence-corrected chi connectivity index (χ2v) is 6.06. The van der Waals surface area contributed by atoms with E-state index < -0.39 is 33.8 Å². The maximum absolute atomic E-state index is 13.9. The minimum absolute atomic E-state index is 0.0963. The molecular weight excluding hydrogens is 445 g/mol. The zero-order valence-corrected chi connectivity index (χ0v) is 14.0. The number of nitriles is 1. The van der Waals surface area contributed by atoms with E-state index in [0.29, 0.717) is 0 Å². The van der Waals surface area contributed by atoms with Crippen LogP contribution in [-0.2, 0) is 5.92 Å². The Morgan fingerprint density at radius 3 is 1.96 bits per heavy atom. The fourth-order valence-corrected chi connectivity index (χ4v) is 2.73. The summed E-state index contributed by atoms with van der Waals surface area (Å²) in [6.07, 6.45) is -6.49. The van der Waals surface area contributed by atoms with Crippen LogP contribution in [0.5, 0.6) is 0 Å². The Morgan fingerprint density at radius 2 is 1.52 bits per heavy atom. The van der Waals surface area contributed by atoms with Gasteiger partial charge < -0.3 is 4.98 Å². The van der Waals surface area contributed by atoms with Crippen LogP contribution < -0.4 is 0 Å². The van der Waals surface area contributed by atoms with Crippen molar-refractivity contribution in [3.8, 4) is 17.3 Å². The Morgan fingerprint density at radius 1 is 1.00 bits per heavy atom. The predicted molar refractivity (Wildman–Crippen MR) is 78.5 cm³/mol. The first-order valence-electron chi connectivity index (χ1n) is 6.25. The van der Waals surface area contributed by atoms with Gasteiger partial charge in [0.25, 0.3) is 0 Å². The molecule has 0 bridgehead atoms. The molecule has 25 heavy (non-hydrogen) atoms. The molecule has 0 saturated carbocycles. The summed E-state index contributed by atoms with van der Waals surface area (Å²) in [5, 5.41) is 9.34. The molecule has 0 aliphatic carbocycles. The Hall–Kier alpha value is -1.73. The number of halogens is 9. The number of hydrogen-bond acceptors (Lipinski definition) is 1. The van der Waals surface area contributed by atoms with Gasteiger partial charge >= 0.3 is 18.0 Å². The van der Waals surface area contributed by atoms with Gasteiger partial charge in [-0.3, -0.25) is 0 Å². The minimum Gasteiger partial charge on any atom is -0.351 e. The van der Waals surface area contributed by atoms with E-state index in [9.17, 15) is 30.7 Å². The van der Waals surface area contributed by atoms with Gasteiger partial charge in [0.15, 0.2) is 0 Å². The number of nitrogens with zero attached hydrogens (tertiary/aromatic N) is 1. The van der Waals surface area contributed by atoms with Gasteiger partial charge in [0, 0.05) is 5.02 Å². The lowest BCUT2D eigenvalue weighted by atomic mass is 10.1. The SMILES string of the molecule is N#Cc1c(-c2ccc(Cl)cc2)[nH]c(C(F)(F)C(F)(F)C(F)(F)F)c1Br. The highest BCUT2D eigenvalue weighted by atomic mass is 79.9. The predicted octanol–water partition coefficient (Wildman–Crippen LogP) is 6.26. The van der Waals surface area contributed by atoms with Gasteiger partial charge in [0.05, 0.1) is 15.7 Å². The fraction of sp³-hybridized carbons (Fsp3) is 0.214. The molecule has 2 aromatic rings. The molecule has 1 heterocycles. The molecule has 2 rings (SSSR count). The monoisotopic (exact) mass is 448 g/mol. The zero-order valence-electron chi connectivity index (χ0n) is 11.7. The zero-order chi connectivity index (χ0) is 19.2. The third-order valence-electron chi connectivity index (χ3n) is 3.25. The number of aromatic nitrogens is 1. The van der Waals surface area contributed by atoms with Gasteiger partial charge in [-0.1, -0.05) is 23.7 Å². The van der Waals surface area contributed by atoms with Crippen molar-refractivity contribution >= 4 is 27.5 Å². The van der Waals surface area contributed by atoms with Crippen LogP contribution in [0.4, 0.5) is 30.7 Å². The maximum atomic E-state index is 13.9. The van der Waals surface area contributed by atoms with Gasteiger partial charge in [0.1, 0.15) is 11.8 Å². The van der Waals surface area contributed by atoms with Crippen molar-refractivity contribution in [3.05, 3.63) is 45.0 Å². The molecule has 11 heteroatoms. The van der Waals surface area contributed by atoms with Crippen LogP contribution in [0.25, 0.3) is 11.3 Å². The van der Waals surface area contributed by atoms with Crippen LogP contribution >= 0.6 is 27.5 Å². The number of rotatable bonds is 3. The molecule has 0 spiro atoms. The van der Waals surface area contributed by atoms with Gasteiger partial charge in [0.2, 0.25) is 0 Å². The Balaban J connectivity index is 2.69. The van der Waals surface area contributed by atoms with Gasteiger partial charge in [-0.25, -0.2) is 0 Å². The molecule has 1 N–H and O–H groups in total. The summed E-state index contributed by atoms with van der Waals surface area (Å²) in [6, 6.07) is 6.71. The Labute approximate surface area is 149 Å². The van der Waals surface area contributed by atoms with Gasteiger partial charge in [-0.2, -0.15) is 36.0 Å². The number of aromatic amines is 1. The summed E-state index contributed by atoms with van der Waals surface area (Å²) in [6.45, 7) is 0. The van der Waals surface area contributed by atoms with E-state index in [2.05, 4.69) is 15.9 Å². The normalized spacial score (nSPS) is 13.0. The summed E-state index contributed by atoms with van der Waals surface area (Å²) < 4.78 is 90.6. The topological polar surface area (TPSA) is 39.6 Å². The molecule has 0 atom stereocenters. The largest absolute Gasteiger partial charge is 0.460 e. The van der Waals surface area contributed by atoms with Crippen molar-refractivity contribution in [2.24, 2.45) is 0 Å². The highest BCUT2D eigenvalue weighted by Gasteiger charge is 2.74. The van der Waals surface area contributed by atoms with Crippen molar-refractivity contribution in [1.82, 2.24) is 4.98 Å². The number of H-pyrrole nitrogens is 1. The summed E-state index contributed by atoms with van der Waals surface area (Å²) >= 11 is 8.17. The van der Waals surface area contributed by atoms with Crippen LogP contribution in [0.1, 0.15) is 11.3 Å². The summed E-state index contributed by atoms with van der Waals surface area (Å²) in [5.74, 6) is -12.0. The van der Waals surface area contributed by atoms with E-state index in [1.807, 2.05) is 4.98 Å². The Kier molecular flexibility index (Phi) is 4.87.